The number of anilines is 1. The summed E-state index contributed by atoms with van der Waals surface area (Å²) < 4.78 is 1.16. The van der Waals surface area contributed by atoms with Crippen molar-refractivity contribution in [3.8, 4) is 0 Å². The van der Waals surface area contributed by atoms with Crippen molar-refractivity contribution in [1.82, 2.24) is 4.98 Å². The Labute approximate surface area is 135 Å². The van der Waals surface area contributed by atoms with Crippen molar-refractivity contribution in [2.75, 3.05) is 11.9 Å². The summed E-state index contributed by atoms with van der Waals surface area (Å²) in [5.74, 6) is 0. The number of rotatable bonds is 4. The third kappa shape index (κ3) is 2.80. The van der Waals surface area contributed by atoms with Gasteiger partial charge in [0, 0.05) is 27.8 Å². The van der Waals surface area contributed by atoms with Crippen LogP contribution in [0.25, 0.3) is 10.9 Å². The highest BCUT2D eigenvalue weighted by Crippen LogP contribution is 2.36. The molecule has 0 radical (unpaired) electrons. The summed E-state index contributed by atoms with van der Waals surface area (Å²) in [7, 11) is 0. The minimum atomic E-state index is 1.02. The lowest BCUT2D eigenvalue weighted by molar-refractivity contribution is 0.671. The predicted molar refractivity (Wildman–Crippen MR) is 94.2 cm³/mol. The molecule has 0 saturated heterocycles. The van der Waals surface area contributed by atoms with Crippen LogP contribution in [0.2, 0.25) is 0 Å². The van der Waals surface area contributed by atoms with Crippen molar-refractivity contribution in [3.05, 3.63) is 33.4 Å². The molecule has 0 atom stereocenters. The standard InChI is InChI=1S/C18H23BrN2/c1-3-9-20-18-14-7-5-6-8-16(14)21-17-12(4-2)10-13(19)11-15(17)18/h10-11H,3-9H2,1-2H3,(H,20,21). The maximum absolute atomic E-state index is 5.04. The predicted octanol–water partition coefficient (Wildman–Crippen LogP) is 5.26. The molecule has 0 aliphatic heterocycles. The smallest absolute Gasteiger partial charge is 0.0758 e. The molecule has 0 spiro atoms. The minimum absolute atomic E-state index is 1.02. The van der Waals surface area contributed by atoms with Crippen LogP contribution < -0.4 is 5.32 Å². The van der Waals surface area contributed by atoms with E-state index in [0.29, 0.717) is 0 Å². The Morgan fingerprint density at radius 2 is 2.00 bits per heavy atom. The van der Waals surface area contributed by atoms with Gasteiger partial charge < -0.3 is 5.32 Å². The van der Waals surface area contributed by atoms with Gasteiger partial charge in [-0.05, 0) is 61.8 Å². The second-order valence-corrected chi connectivity index (χ2v) is 6.78. The summed E-state index contributed by atoms with van der Waals surface area (Å²) in [6, 6.07) is 4.45. The van der Waals surface area contributed by atoms with Crippen molar-refractivity contribution < 1.29 is 0 Å². The SMILES string of the molecule is CCCNc1c2c(nc3c(CC)cc(Br)cc13)CCCC2. The Kier molecular flexibility index (Phi) is 4.48. The van der Waals surface area contributed by atoms with Crippen molar-refractivity contribution in [3.63, 3.8) is 0 Å². The largest absolute Gasteiger partial charge is 0.384 e. The van der Waals surface area contributed by atoms with E-state index < -0.39 is 0 Å². The van der Waals surface area contributed by atoms with E-state index in [1.165, 1.54) is 46.3 Å². The van der Waals surface area contributed by atoms with Gasteiger partial charge in [-0.15, -0.1) is 0 Å². The summed E-state index contributed by atoms with van der Waals surface area (Å²) in [5.41, 5.74) is 6.66. The Hall–Kier alpha value is -1.09. The molecule has 3 rings (SSSR count). The fraction of sp³-hybridized carbons (Fsp3) is 0.500. The van der Waals surface area contributed by atoms with Crippen LogP contribution in [0.3, 0.4) is 0 Å². The van der Waals surface area contributed by atoms with Gasteiger partial charge in [-0.3, -0.25) is 4.98 Å². The van der Waals surface area contributed by atoms with Crippen LogP contribution in [-0.4, -0.2) is 11.5 Å². The van der Waals surface area contributed by atoms with E-state index in [9.17, 15) is 0 Å². The van der Waals surface area contributed by atoms with E-state index in [4.69, 9.17) is 4.98 Å². The van der Waals surface area contributed by atoms with Crippen molar-refractivity contribution >= 4 is 32.5 Å². The zero-order chi connectivity index (χ0) is 14.8. The third-order valence-corrected chi connectivity index (χ3v) is 4.80. The highest BCUT2D eigenvalue weighted by atomic mass is 79.9. The van der Waals surface area contributed by atoms with E-state index in [1.54, 1.807) is 0 Å². The number of fused-ring (bicyclic) bond motifs is 2. The number of halogens is 1. The second-order valence-electron chi connectivity index (χ2n) is 5.86. The monoisotopic (exact) mass is 346 g/mol. The molecule has 2 aromatic rings. The van der Waals surface area contributed by atoms with E-state index >= 15 is 0 Å². The fourth-order valence-electron chi connectivity index (χ4n) is 3.28. The van der Waals surface area contributed by atoms with Gasteiger partial charge in [-0.25, -0.2) is 0 Å². The summed E-state index contributed by atoms with van der Waals surface area (Å²) in [4.78, 5) is 5.04. The fourth-order valence-corrected chi connectivity index (χ4v) is 3.78. The molecule has 0 bridgehead atoms. The molecule has 1 N–H and O–H groups in total. The quantitative estimate of drug-likeness (QED) is 0.816. The number of hydrogen-bond donors (Lipinski definition) is 1. The molecule has 1 aliphatic rings. The highest BCUT2D eigenvalue weighted by molar-refractivity contribution is 9.10. The van der Waals surface area contributed by atoms with Gasteiger partial charge in [0.1, 0.15) is 0 Å². The average molecular weight is 347 g/mol. The average Bonchev–Trinajstić information content (AvgIpc) is 2.51. The van der Waals surface area contributed by atoms with Gasteiger partial charge in [0.15, 0.2) is 0 Å². The molecule has 0 fully saturated rings. The van der Waals surface area contributed by atoms with E-state index in [0.717, 1.165) is 36.7 Å². The van der Waals surface area contributed by atoms with Crippen LogP contribution in [0.15, 0.2) is 16.6 Å². The maximum atomic E-state index is 5.04. The maximum Gasteiger partial charge on any atom is 0.0758 e. The molecular formula is C18H23BrN2. The zero-order valence-corrected chi connectivity index (χ0v) is 14.5. The molecule has 21 heavy (non-hydrogen) atoms. The molecule has 0 saturated carbocycles. The lowest BCUT2D eigenvalue weighted by Crippen LogP contribution is -2.12. The molecule has 1 aromatic carbocycles. The number of hydrogen-bond acceptors (Lipinski definition) is 2. The molecular weight excluding hydrogens is 324 g/mol. The molecule has 1 heterocycles. The molecule has 0 unspecified atom stereocenters. The molecule has 112 valence electrons. The number of aryl methyl sites for hydroxylation is 2. The van der Waals surface area contributed by atoms with E-state index in [1.807, 2.05) is 0 Å². The highest BCUT2D eigenvalue weighted by Gasteiger charge is 2.19. The van der Waals surface area contributed by atoms with Crippen LogP contribution in [0.1, 0.15) is 49.9 Å². The van der Waals surface area contributed by atoms with Gasteiger partial charge in [0.25, 0.3) is 0 Å². The Morgan fingerprint density at radius 1 is 1.19 bits per heavy atom. The van der Waals surface area contributed by atoms with Crippen molar-refractivity contribution in [2.24, 2.45) is 0 Å². The minimum Gasteiger partial charge on any atom is -0.384 e. The molecule has 3 heteroatoms. The number of nitrogens with one attached hydrogen (secondary N) is 1. The number of nitrogens with zero attached hydrogens (tertiary/aromatic N) is 1. The molecule has 2 nitrogen and oxygen atoms in total. The first kappa shape index (κ1) is 14.8. The first-order valence-corrected chi connectivity index (χ1v) is 8.91. The van der Waals surface area contributed by atoms with Crippen LogP contribution in [0, 0.1) is 0 Å². The van der Waals surface area contributed by atoms with Crippen molar-refractivity contribution in [2.45, 2.75) is 52.4 Å². The van der Waals surface area contributed by atoms with Gasteiger partial charge in [-0.1, -0.05) is 29.8 Å². The normalized spacial score (nSPS) is 14.2. The van der Waals surface area contributed by atoms with Gasteiger partial charge in [0.2, 0.25) is 0 Å². The number of benzene rings is 1. The zero-order valence-electron chi connectivity index (χ0n) is 12.9. The Bertz CT molecular complexity index is 664. The molecule has 0 amide bonds. The number of aromatic nitrogens is 1. The number of pyridine rings is 1. The second kappa shape index (κ2) is 6.35. The lowest BCUT2D eigenvalue weighted by atomic mass is 9.91. The lowest BCUT2D eigenvalue weighted by Gasteiger charge is -2.22. The Balaban J connectivity index is 2.28. The van der Waals surface area contributed by atoms with Crippen LogP contribution >= 0.6 is 15.9 Å². The topological polar surface area (TPSA) is 24.9 Å². The summed E-state index contributed by atoms with van der Waals surface area (Å²) >= 11 is 3.67. The molecule has 1 aromatic heterocycles. The van der Waals surface area contributed by atoms with Crippen LogP contribution in [-0.2, 0) is 19.3 Å². The third-order valence-electron chi connectivity index (χ3n) is 4.34. The van der Waals surface area contributed by atoms with Crippen LogP contribution in [0.5, 0.6) is 0 Å². The molecule has 1 aliphatic carbocycles. The van der Waals surface area contributed by atoms with Crippen molar-refractivity contribution in [1.29, 1.82) is 0 Å². The van der Waals surface area contributed by atoms with Gasteiger partial charge >= 0.3 is 0 Å². The first-order valence-electron chi connectivity index (χ1n) is 8.12. The van der Waals surface area contributed by atoms with Gasteiger partial charge in [0.05, 0.1) is 5.52 Å². The summed E-state index contributed by atoms with van der Waals surface area (Å²) in [5, 5.41) is 4.97. The van der Waals surface area contributed by atoms with Gasteiger partial charge in [-0.2, -0.15) is 0 Å². The Morgan fingerprint density at radius 3 is 2.76 bits per heavy atom. The van der Waals surface area contributed by atoms with Crippen LogP contribution in [0.4, 0.5) is 5.69 Å². The summed E-state index contributed by atoms with van der Waals surface area (Å²) in [6.45, 7) is 5.46. The summed E-state index contributed by atoms with van der Waals surface area (Å²) in [6.07, 6.45) is 7.03. The van der Waals surface area contributed by atoms with E-state index in [-0.39, 0.29) is 0 Å². The van der Waals surface area contributed by atoms with E-state index in [2.05, 4.69) is 47.2 Å². The first-order chi connectivity index (χ1) is 10.2.